The average molecular weight is 189 g/mol. The maximum atomic E-state index is 4.44. The summed E-state index contributed by atoms with van der Waals surface area (Å²) in [6, 6.07) is 4.11. The molecule has 0 saturated heterocycles. The minimum absolute atomic E-state index is 0.910. The van der Waals surface area contributed by atoms with Crippen molar-refractivity contribution in [3.8, 4) is 0 Å². The summed E-state index contributed by atoms with van der Waals surface area (Å²) in [4.78, 5) is 8.76. The van der Waals surface area contributed by atoms with Crippen LogP contribution in [0.5, 0.6) is 0 Å². The second-order valence-corrected chi connectivity index (χ2v) is 3.39. The first kappa shape index (κ1) is 9.19. The second-order valence-electron chi connectivity index (χ2n) is 3.39. The molecule has 1 N–H and O–H groups in total. The first-order valence-electron chi connectivity index (χ1n) is 5.14. The van der Waals surface area contributed by atoms with Crippen molar-refractivity contribution in [1.29, 1.82) is 0 Å². The number of rotatable bonds is 3. The summed E-state index contributed by atoms with van der Waals surface area (Å²) in [5.41, 5.74) is 2.38. The molecule has 0 aromatic carbocycles. The first-order chi connectivity index (χ1) is 6.90. The summed E-state index contributed by atoms with van der Waals surface area (Å²) < 4.78 is 0. The Morgan fingerprint density at radius 2 is 2.36 bits per heavy atom. The minimum Gasteiger partial charge on any atom is -0.370 e. The SMILES string of the molecule is CCNc1ccc(C2=NCCC2)cn1. The molecule has 0 amide bonds. The quantitative estimate of drug-likeness (QED) is 0.790. The van der Waals surface area contributed by atoms with Gasteiger partial charge in [0.1, 0.15) is 5.82 Å². The molecule has 0 unspecified atom stereocenters. The zero-order valence-corrected chi connectivity index (χ0v) is 8.45. The van der Waals surface area contributed by atoms with Crippen LogP contribution in [0.1, 0.15) is 25.3 Å². The molecule has 0 bridgehead atoms. The van der Waals surface area contributed by atoms with E-state index in [9.17, 15) is 0 Å². The van der Waals surface area contributed by atoms with Crippen molar-refractivity contribution in [2.75, 3.05) is 18.4 Å². The molecule has 2 heterocycles. The van der Waals surface area contributed by atoms with Crippen LogP contribution in [0, 0.1) is 0 Å². The number of aromatic nitrogens is 1. The van der Waals surface area contributed by atoms with E-state index >= 15 is 0 Å². The van der Waals surface area contributed by atoms with Gasteiger partial charge in [-0.3, -0.25) is 4.99 Å². The van der Waals surface area contributed by atoms with Gasteiger partial charge in [-0.25, -0.2) is 4.98 Å². The molecule has 1 aliphatic heterocycles. The zero-order chi connectivity index (χ0) is 9.80. The van der Waals surface area contributed by atoms with Gasteiger partial charge in [0, 0.05) is 30.6 Å². The summed E-state index contributed by atoms with van der Waals surface area (Å²) in [5.74, 6) is 0.940. The highest BCUT2D eigenvalue weighted by atomic mass is 15.0. The van der Waals surface area contributed by atoms with E-state index in [0.29, 0.717) is 0 Å². The van der Waals surface area contributed by atoms with Crippen molar-refractivity contribution in [3.05, 3.63) is 23.9 Å². The Labute approximate surface area is 84.3 Å². The van der Waals surface area contributed by atoms with Crippen molar-refractivity contribution < 1.29 is 0 Å². The lowest BCUT2D eigenvalue weighted by atomic mass is 10.1. The molecule has 0 atom stereocenters. The van der Waals surface area contributed by atoms with E-state index < -0.39 is 0 Å². The van der Waals surface area contributed by atoms with Crippen molar-refractivity contribution in [2.45, 2.75) is 19.8 Å². The normalized spacial score (nSPS) is 15.4. The second kappa shape index (κ2) is 4.22. The Morgan fingerprint density at radius 1 is 1.43 bits per heavy atom. The molecule has 74 valence electrons. The third-order valence-electron chi connectivity index (χ3n) is 2.33. The summed E-state index contributed by atoms with van der Waals surface area (Å²) in [7, 11) is 0. The Bertz CT molecular complexity index is 327. The van der Waals surface area contributed by atoms with E-state index in [-0.39, 0.29) is 0 Å². The monoisotopic (exact) mass is 189 g/mol. The Morgan fingerprint density at radius 3 is 2.93 bits per heavy atom. The number of hydrogen-bond acceptors (Lipinski definition) is 3. The standard InChI is InChI=1S/C11H15N3/c1-2-12-11-6-5-9(8-14-11)10-4-3-7-13-10/h5-6,8H,2-4,7H2,1H3,(H,12,14). The number of nitrogens with zero attached hydrogens (tertiary/aromatic N) is 2. The van der Waals surface area contributed by atoms with Crippen molar-refractivity contribution in [1.82, 2.24) is 4.98 Å². The van der Waals surface area contributed by atoms with Gasteiger partial charge in [0.15, 0.2) is 0 Å². The number of pyridine rings is 1. The molecule has 0 radical (unpaired) electrons. The summed E-state index contributed by atoms with van der Waals surface area (Å²) in [6.45, 7) is 3.95. The van der Waals surface area contributed by atoms with Crippen molar-refractivity contribution in [3.63, 3.8) is 0 Å². The largest absolute Gasteiger partial charge is 0.370 e. The third kappa shape index (κ3) is 1.92. The molecular weight excluding hydrogens is 174 g/mol. The molecule has 0 aliphatic carbocycles. The number of hydrogen-bond donors (Lipinski definition) is 1. The lowest BCUT2D eigenvalue weighted by Gasteiger charge is -2.03. The van der Waals surface area contributed by atoms with E-state index in [4.69, 9.17) is 0 Å². The fraction of sp³-hybridized carbons (Fsp3) is 0.455. The van der Waals surface area contributed by atoms with Crippen LogP contribution in [-0.4, -0.2) is 23.8 Å². The van der Waals surface area contributed by atoms with Crippen LogP contribution in [0.4, 0.5) is 5.82 Å². The van der Waals surface area contributed by atoms with Gasteiger partial charge in [-0.15, -0.1) is 0 Å². The van der Waals surface area contributed by atoms with Crippen molar-refractivity contribution >= 4 is 11.5 Å². The fourth-order valence-electron chi connectivity index (χ4n) is 1.63. The molecule has 3 nitrogen and oxygen atoms in total. The van der Waals surface area contributed by atoms with E-state index in [0.717, 1.165) is 25.3 Å². The first-order valence-corrected chi connectivity index (χ1v) is 5.14. The maximum Gasteiger partial charge on any atom is 0.125 e. The van der Waals surface area contributed by atoms with E-state index in [1.54, 1.807) is 0 Å². The molecule has 1 aromatic rings. The Hall–Kier alpha value is -1.38. The van der Waals surface area contributed by atoms with E-state index in [1.165, 1.54) is 17.7 Å². The maximum absolute atomic E-state index is 4.44. The van der Waals surface area contributed by atoms with Crippen LogP contribution in [0.2, 0.25) is 0 Å². The molecule has 14 heavy (non-hydrogen) atoms. The van der Waals surface area contributed by atoms with Gasteiger partial charge >= 0.3 is 0 Å². The van der Waals surface area contributed by atoms with Crippen LogP contribution in [0.3, 0.4) is 0 Å². The third-order valence-corrected chi connectivity index (χ3v) is 2.33. The van der Waals surface area contributed by atoms with Gasteiger partial charge in [0.2, 0.25) is 0 Å². The highest BCUT2D eigenvalue weighted by Gasteiger charge is 2.08. The van der Waals surface area contributed by atoms with Crippen LogP contribution in [0.25, 0.3) is 0 Å². The van der Waals surface area contributed by atoms with Gasteiger partial charge in [-0.2, -0.15) is 0 Å². The van der Waals surface area contributed by atoms with Gasteiger partial charge in [-0.05, 0) is 31.9 Å². The molecule has 3 heteroatoms. The predicted molar refractivity (Wildman–Crippen MR) is 59.0 cm³/mol. The average Bonchev–Trinajstić information content (AvgIpc) is 2.72. The van der Waals surface area contributed by atoms with Crippen LogP contribution >= 0.6 is 0 Å². The summed E-state index contributed by atoms with van der Waals surface area (Å²) >= 11 is 0. The topological polar surface area (TPSA) is 37.3 Å². The number of anilines is 1. The Kier molecular flexibility index (Phi) is 2.77. The Balaban J connectivity index is 2.13. The smallest absolute Gasteiger partial charge is 0.125 e. The molecule has 1 aromatic heterocycles. The summed E-state index contributed by atoms with van der Waals surface area (Å²) in [5, 5.41) is 3.17. The fourth-order valence-corrected chi connectivity index (χ4v) is 1.63. The van der Waals surface area contributed by atoms with Gasteiger partial charge in [-0.1, -0.05) is 0 Å². The van der Waals surface area contributed by atoms with Crippen LogP contribution in [0.15, 0.2) is 23.3 Å². The van der Waals surface area contributed by atoms with Gasteiger partial charge < -0.3 is 5.32 Å². The predicted octanol–water partition coefficient (Wildman–Crippen LogP) is 2.10. The van der Waals surface area contributed by atoms with E-state index in [2.05, 4.69) is 28.3 Å². The lowest BCUT2D eigenvalue weighted by Crippen LogP contribution is -2.01. The number of aliphatic imine (C=N–C) groups is 1. The highest BCUT2D eigenvalue weighted by molar-refractivity contribution is 6.01. The molecule has 1 aliphatic rings. The van der Waals surface area contributed by atoms with Crippen LogP contribution in [-0.2, 0) is 0 Å². The minimum atomic E-state index is 0.910. The van der Waals surface area contributed by atoms with Crippen LogP contribution < -0.4 is 5.32 Å². The van der Waals surface area contributed by atoms with Gasteiger partial charge in [0.05, 0.1) is 0 Å². The lowest BCUT2D eigenvalue weighted by molar-refractivity contribution is 0.951. The summed E-state index contributed by atoms with van der Waals surface area (Å²) in [6.07, 6.45) is 4.19. The van der Waals surface area contributed by atoms with Gasteiger partial charge in [0.25, 0.3) is 0 Å². The zero-order valence-electron chi connectivity index (χ0n) is 8.45. The van der Waals surface area contributed by atoms with Crippen molar-refractivity contribution in [2.24, 2.45) is 4.99 Å². The number of nitrogens with one attached hydrogen (secondary N) is 1. The molecule has 0 saturated carbocycles. The molecule has 2 rings (SSSR count). The highest BCUT2D eigenvalue weighted by Crippen LogP contribution is 2.13. The molecule has 0 fully saturated rings. The van der Waals surface area contributed by atoms with E-state index in [1.807, 2.05) is 12.3 Å². The molecular formula is C11H15N3. The molecule has 0 spiro atoms.